The van der Waals surface area contributed by atoms with E-state index in [1.54, 1.807) is 16.7 Å². The van der Waals surface area contributed by atoms with Crippen LogP contribution >= 0.6 is 0 Å². The molecule has 2 aliphatic rings. The molecule has 24 heavy (non-hydrogen) atoms. The van der Waals surface area contributed by atoms with E-state index in [2.05, 4.69) is 0 Å². The lowest BCUT2D eigenvalue weighted by Crippen LogP contribution is -2.47. The van der Waals surface area contributed by atoms with E-state index >= 15 is 0 Å². The van der Waals surface area contributed by atoms with E-state index in [1.165, 1.54) is 0 Å². The molecule has 0 aromatic carbocycles. The van der Waals surface area contributed by atoms with Crippen LogP contribution in [0.3, 0.4) is 0 Å². The van der Waals surface area contributed by atoms with Crippen molar-refractivity contribution in [3.8, 4) is 0 Å². The summed E-state index contributed by atoms with van der Waals surface area (Å²) in [6.07, 6.45) is 1.53. The minimum absolute atomic E-state index is 0.0649. The van der Waals surface area contributed by atoms with Crippen LogP contribution in [-0.4, -0.2) is 78.0 Å². The number of piperidine rings is 1. The van der Waals surface area contributed by atoms with E-state index in [4.69, 9.17) is 4.74 Å². The third-order valence-electron chi connectivity index (χ3n) is 5.01. The van der Waals surface area contributed by atoms with Gasteiger partial charge in [-0.1, -0.05) is 0 Å². The summed E-state index contributed by atoms with van der Waals surface area (Å²) in [5.41, 5.74) is 0. The second-order valence-corrected chi connectivity index (χ2v) is 6.37. The number of ether oxygens (including phenoxy) is 1. The standard InChI is InChI=1S/C17H29N3O4/c1-4-18(5-2)16(22)13-11-15(21)20(12-13)14-7-9-19(10-8-14)17(23)24-6-3/h13-14H,4-12H2,1-3H3. The molecule has 0 radical (unpaired) electrons. The van der Waals surface area contributed by atoms with Crippen molar-refractivity contribution in [2.75, 3.05) is 39.3 Å². The van der Waals surface area contributed by atoms with E-state index in [0.717, 1.165) is 12.8 Å². The highest BCUT2D eigenvalue weighted by Gasteiger charge is 2.40. The molecule has 0 aromatic rings. The zero-order valence-corrected chi connectivity index (χ0v) is 15.0. The first-order valence-electron chi connectivity index (χ1n) is 9.01. The van der Waals surface area contributed by atoms with Crippen LogP contribution in [0.2, 0.25) is 0 Å². The van der Waals surface area contributed by atoms with Crippen LogP contribution in [0.1, 0.15) is 40.0 Å². The summed E-state index contributed by atoms with van der Waals surface area (Å²) in [5, 5.41) is 0. The highest BCUT2D eigenvalue weighted by molar-refractivity contribution is 5.89. The molecule has 3 amide bonds. The predicted molar refractivity (Wildman–Crippen MR) is 89.4 cm³/mol. The molecule has 2 heterocycles. The summed E-state index contributed by atoms with van der Waals surface area (Å²) in [4.78, 5) is 41.9. The van der Waals surface area contributed by atoms with Crippen LogP contribution in [0.4, 0.5) is 4.79 Å². The van der Waals surface area contributed by atoms with Gasteiger partial charge in [-0.2, -0.15) is 0 Å². The first kappa shape index (κ1) is 18.5. The Kier molecular flexibility index (Phi) is 6.45. The number of carbonyl (C=O) groups is 3. The molecular formula is C17H29N3O4. The number of rotatable bonds is 5. The molecule has 0 bridgehead atoms. The molecule has 0 aliphatic carbocycles. The van der Waals surface area contributed by atoms with Crippen molar-refractivity contribution in [3.63, 3.8) is 0 Å². The smallest absolute Gasteiger partial charge is 0.409 e. The van der Waals surface area contributed by atoms with Crippen LogP contribution in [0.5, 0.6) is 0 Å². The lowest BCUT2D eigenvalue weighted by atomic mass is 10.0. The predicted octanol–water partition coefficient (Wildman–Crippen LogP) is 1.32. The van der Waals surface area contributed by atoms with Gasteiger partial charge in [0.2, 0.25) is 11.8 Å². The largest absolute Gasteiger partial charge is 0.450 e. The van der Waals surface area contributed by atoms with Crippen LogP contribution < -0.4 is 0 Å². The number of carbonyl (C=O) groups excluding carboxylic acids is 3. The lowest BCUT2D eigenvalue weighted by Gasteiger charge is -2.36. The van der Waals surface area contributed by atoms with Gasteiger partial charge in [-0.25, -0.2) is 4.79 Å². The third-order valence-corrected chi connectivity index (χ3v) is 5.01. The maximum Gasteiger partial charge on any atom is 0.409 e. The van der Waals surface area contributed by atoms with E-state index in [-0.39, 0.29) is 29.9 Å². The number of nitrogens with zero attached hydrogens (tertiary/aromatic N) is 3. The van der Waals surface area contributed by atoms with Gasteiger partial charge in [-0.3, -0.25) is 9.59 Å². The average Bonchev–Trinajstić information content (AvgIpc) is 2.98. The van der Waals surface area contributed by atoms with E-state index in [9.17, 15) is 14.4 Å². The average molecular weight is 339 g/mol. The van der Waals surface area contributed by atoms with Crippen LogP contribution in [0.25, 0.3) is 0 Å². The number of hydrogen-bond donors (Lipinski definition) is 0. The molecule has 0 aromatic heterocycles. The Morgan fingerprint density at radius 1 is 1.17 bits per heavy atom. The zero-order valence-electron chi connectivity index (χ0n) is 15.0. The van der Waals surface area contributed by atoms with Crippen LogP contribution in [0.15, 0.2) is 0 Å². The first-order valence-corrected chi connectivity index (χ1v) is 9.01. The second kappa shape index (κ2) is 8.35. The maximum atomic E-state index is 12.5. The molecule has 7 nitrogen and oxygen atoms in total. The molecule has 2 fully saturated rings. The maximum absolute atomic E-state index is 12.5. The van der Waals surface area contributed by atoms with Gasteiger partial charge in [-0.15, -0.1) is 0 Å². The summed E-state index contributed by atoms with van der Waals surface area (Å²) in [7, 11) is 0. The fourth-order valence-corrected chi connectivity index (χ4v) is 3.62. The fraction of sp³-hybridized carbons (Fsp3) is 0.824. The Morgan fingerprint density at radius 2 is 1.79 bits per heavy atom. The molecule has 1 unspecified atom stereocenters. The van der Waals surface area contributed by atoms with Gasteiger partial charge in [0.25, 0.3) is 0 Å². The molecule has 2 aliphatic heterocycles. The highest BCUT2D eigenvalue weighted by atomic mass is 16.6. The molecule has 0 N–H and O–H groups in total. The lowest BCUT2D eigenvalue weighted by molar-refractivity contribution is -0.135. The normalized spacial score (nSPS) is 22.0. The monoisotopic (exact) mass is 339 g/mol. The molecule has 0 spiro atoms. The van der Waals surface area contributed by atoms with E-state index in [0.29, 0.717) is 45.8 Å². The zero-order chi connectivity index (χ0) is 17.7. The molecule has 2 rings (SSSR count). The van der Waals surface area contributed by atoms with Crippen LogP contribution in [-0.2, 0) is 14.3 Å². The Hall–Kier alpha value is -1.79. The Morgan fingerprint density at radius 3 is 2.33 bits per heavy atom. The van der Waals surface area contributed by atoms with Gasteiger partial charge in [-0.05, 0) is 33.6 Å². The summed E-state index contributed by atoms with van der Waals surface area (Å²) in [6.45, 7) is 9.15. The fourth-order valence-electron chi connectivity index (χ4n) is 3.62. The first-order chi connectivity index (χ1) is 11.5. The van der Waals surface area contributed by atoms with Gasteiger partial charge in [0.1, 0.15) is 0 Å². The molecular weight excluding hydrogens is 310 g/mol. The molecule has 7 heteroatoms. The van der Waals surface area contributed by atoms with Crippen molar-refractivity contribution in [2.24, 2.45) is 5.92 Å². The quantitative estimate of drug-likeness (QED) is 0.757. The van der Waals surface area contributed by atoms with E-state index < -0.39 is 0 Å². The topological polar surface area (TPSA) is 70.2 Å². The SMILES string of the molecule is CCOC(=O)N1CCC(N2CC(C(=O)N(CC)CC)CC2=O)CC1. The van der Waals surface area contributed by atoms with Crippen LogP contribution in [0, 0.1) is 5.92 Å². The van der Waals surface area contributed by atoms with Crippen molar-refractivity contribution in [1.82, 2.24) is 14.7 Å². The number of amides is 3. The molecule has 136 valence electrons. The number of hydrogen-bond acceptors (Lipinski definition) is 4. The highest BCUT2D eigenvalue weighted by Crippen LogP contribution is 2.27. The van der Waals surface area contributed by atoms with Crippen molar-refractivity contribution in [1.29, 1.82) is 0 Å². The van der Waals surface area contributed by atoms with Gasteiger partial charge >= 0.3 is 6.09 Å². The van der Waals surface area contributed by atoms with Gasteiger partial charge < -0.3 is 19.4 Å². The van der Waals surface area contributed by atoms with Crippen molar-refractivity contribution < 1.29 is 19.1 Å². The van der Waals surface area contributed by atoms with Crippen molar-refractivity contribution in [2.45, 2.75) is 46.1 Å². The Labute approximate surface area is 143 Å². The minimum Gasteiger partial charge on any atom is -0.450 e. The second-order valence-electron chi connectivity index (χ2n) is 6.37. The van der Waals surface area contributed by atoms with Gasteiger partial charge in [0, 0.05) is 45.2 Å². The molecule has 1 atom stereocenters. The summed E-state index contributed by atoms with van der Waals surface area (Å²) < 4.78 is 5.02. The van der Waals surface area contributed by atoms with Gasteiger partial charge in [0.15, 0.2) is 0 Å². The Balaban J connectivity index is 1.89. The third kappa shape index (κ3) is 3.99. The van der Waals surface area contributed by atoms with Crippen molar-refractivity contribution in [3.05, 3.63) is 0 Å². The summed E-state index contributed by atoms with van der Waals surface area (Å²) in [5.74, 6) is -0.0737. The summed E-state index contributed by atoms with van der Waals surface area (Å²) in [6, 6.07) is 0.123. The van der Waals surface area contributed by atoms with Gasteiger partial charge in [0.05, 0.1) is 12.5 Å². The molecule has 2 saturated heterocycles. The van der Waals surface area contributed by atoms with E-state index in [1.807, 2.05) is 18.7 Å². The molecule has 0 saturated carbocycles. The van der Waals surface area contributed by atoms with Crippen molar-refractivity contribution >= 4 is 17.9 Å². The Bertz CT molecular complexity index is 470. The number of likely N-dealkylation sites (tertiary alicyclic amines) is 2. The minimum atomic E-state index is -0.279. The summed E-state index contributed by atoms with van der Waals surface area (Å²) >= 11 is 0.